The van der Waals surface area contributed by atoms with Crippen molar-refractivity contribution in [1.82, 2.24) is 0 Å². The van der Waals surface area contributed by atoms with Crippen LogP contribution in [0.2, 0.25) is 0 Å². The lowest BCUT2D eigenvalue weighted by Gasteiger charge is -2.03. The van der Waals surface area contributed by atoms with Gasteiger partial charge in [-0.25, -0.2) is 14.6 Å². The summed E-state index contributed by atoms with van der Waals surface area (Å²) in [7, 11) is 2.33. The number of hydrogen-bond acceptors (Lipinski definition) is 5. The molecule has 1 aromatic carbocycles. The maximum absolute atomic E-state index is 11.4. The molecule has 0 unspecified atom stereocenters. The molecule has 0 saturated heterocycles. The highest BCUT2D eigenvalue weighted by molar-refractivity contribution is 9.10. The number of benzene rings is 1. The van der Waals surface area contributed by atoms with Gasteiger partial charge in [0.25, 0.3) is 0 Å². The molecule has 0 radical (unpaired) electrons. The molecule has 0 spiro atoms. The van der Waals surface area contributed by atoms with E-state index in [0.717, 1.165) is 0 Å². The molecule has 1 rings (SSSR count). The second kappa shape index (κ2) is 6.15. The summed E-state index contributed by atoms with van der Waals surface area (Å²) in [6.07, 6.45) is 0. The van der Waals surface area contributed by atoms with Gasteiger partial charge >= 0.3 is 11.9 Å². The largest absolute Gasteiger partial charge is 0.464 e. The Labute approximate surface area is 107 Å². The molecule has 0 heterocycles. The molecule has 0 N–H and O–H groups in total. The van der Waals surface area contributed by atoms with Crippen molar-refractivity contribution >= 4 is 39.3 Å². The number of aliphatic imine (C=N–C) groups is 1. The zero-order valence-corrected chi connectivity index (χ0v) is 10.9. The van der Waals surface area contributed by atoms with Crippen molar-refractivity contribution in [2.45, 2.75) is 0 Å². The molecule has 0 saturated carbocycles. The predicted octanol–water partition coefficient (Wildman–Crippen LogP) is 1.87. The van der Waals surface area contributed by atoms with Crippen molar-refractivity contribution in [2.24, 2.45) is 4.99 Å². The maximum atomic E-state index is 11.4. The first-order valence-electron chi connectivity index (χ1n) is 4.60. The first-order valence-corrected chi connectivity index (χ1v) is 5.39. The van der Waals surface area contributed by atoms with E-state index in [9.17, 15) is 9.59 Å². The topological polar surface area (TPSA) is 65.0 Å². The molecule has 0 fully saturated rings. The lowest BCUT2D eigenvalue weighted by atomic mass is 10.3. The minimum Gasteiger partial charge on any atom is -0.464 e. The van der Waals surface area contributed by atoms with Crippen LogP contribution in [-0.4, -0.2) is 31.9 Å². The van der Waals surface area contributed by atoms with Crippen LogP contribution in [0.15, 0.2) is 33.7 Å². The lowest BCUT2D eigenvalue weighted by Crippen LogP contribution is -2.26. The third-order valence-corrected chi connectivity index (χ3v) is 2.51. The van der Waals surface area contributed by atoms with E-state index < -0.39 is 17.7 Å². The number of hydrogen-bond donors (Lipinski definition) is 0. The van der Waals surface area contributed by atoms with Crippen LogP contribution in [0.25, 0.3) is 0 Å². The first kappa shape index (κ1) is 13.4. The molecule has 0 aliphatic rings. The zero-order chi connectivity index (χ0) is 12.8. The zero-order valence-electron chi connectivity index (χ0n) is 9.27. The monoisotopic (exact) mass is 299 g/mol. The molecule has 6 heteroatoms. The number of nitrogens with zero attached hydrogens (tertiary/aromatic N) is 1. The average molecular weight is 300 g/mol. The molecule has 17 heavy (non-hydrogen) atoms. The SMILES string of the molecule is COC(=O)C(=Nc1ccccc1Br)C(=O)OC. The second-order valence-corrected chi connectivity index (χ2v) is 3.75. The minimum absolute atomic E-state index is 0.401. The van der Waals surface area contributed by atoms with Crippen LogP contribution in [0.4, 0.5) is 5.69 Å². The van der Waals surface area contributed by atoms with Crippen LogP contribution in [-0.2, 0) is 19.1 Å². The second-order valence-electron chi connectivity index (χ2n) is 2.89. The summed E-state index contributed by atoms with van der Waals surface area (Å²) in [4.78, 5) is 26.6. The predicted molar refractivity (Wildman–Crippen MR) is 65.3 cm³/mol. The van der Waals surface area contributed by atoms with Crippen molar-refractivity contribution in [2.75, 3.05) is 14.2 Å². The molecule has 0 amide bonds. The van der Waals surface area contributed by atoms with Gasteiger partial charge in [-0.15, -0.1) is 0 Å². The Hall–Kier alpha value is -1.69. The Bertz CT molecular complexity index is 452. The van der Waals surface area contributed by atoms with Crippen LogP contribution >= 0.6 is 15.9 Å². The molecule has 0 aromatic heterocycles. The van der Waals surface area contributed by atoms with Crippen LogP contribution in [0.5, 0.6) is 0 Å². The van der Waals surface area contributed by atoms with Crippen LogP contribution in [0.3, 0.4) is 0 Å². The van der Waals surface area contributed by atoms with Gasteiger partial charge < -0.3 is 9.47 Å². The molecule has 0 aliphatic carbocycles. The Morgan fingerprint density at radius 2 is 1.65 bits per heavy atom. The van der Waals surface area contributed by atoms with Gasteiger partial charge in [0.15, 0.2) is 0 Å². The van der Waals surface area contributed by atoms with Crippen molar-refractivity contribution in [1.29, 1.82) is 0 Å². The molecule has 0 bridgehead atoms. The smallest absolute Gasteiger partial charge is 0.364 e. The summed E-state index contributed by atoms with van der Waals surface area (Å²) in [5, 5.41) is 0. The van der Waals surface area contributed by atoms with E-state index in [0.29, 0.717) is 10.2 Å². The van der Waals surface area contributed by atoms with Crippen molar-refractivity contribution in [3.8, 4) is 0 Å². The van der Waals surface area contributed by atoms with Gasteiger partial charge in [-0.1, -0.05) is 12.1 Å². The fraction of sp³-hybridized carbons (Fsp3) is 0.182. The van der Waals surface area contributed by atoms with E-state index in [1.165, 1.54) is 14.2 Å². The molecule has 90 valence electrons. The van der Waals surface area contributed by atoms with Gasteiger partial charge in [-0.05, 0) is 28.1 Å². The number of para-hydroxylation sites is 1. The lowest BCUT2D eigenvalue weighted by molar-refractivity contribution is -0.138. The Kier molecular flexibility index (Phi) is 4.84. The van der Waals surface area contributed by atoms with Crippen molar-refractivity contribution in [3.63, 3.8) is 0 Å². The summed E-state index contributed by atoms with van der Waals surface area (Å²) in [6, 6.07) is 6.91. The fourth-order valence-electron chi connectivity index (χ4n) is 1.03. The molecule has 5 nitrogen and oxygen atoms in total. The minimum atomic E-state index is -0.840. The highest BCUT2D eigenvalue weighted by Crippen LogP contribution is 2.24. The van der Waals surface area contributed by atoms with E-state index in [4.69, 9.17) is 0 Å². The van der Waals surface area contributed by atoms with Gasteiger partial charge in [-0.3, -0.25) is 0 Å². The Morgan fingerprint density at radius 3 is 2.12 bits per heavy atom. The van der Waals surface area contributed by atoms with Crippen LogP contribution in [0.1, 0.15) is 0 Å². The number of esters is 2. The molecular weight excluding hydrogens is 290 g/mol. The summed E-state index contributed by atoms with van der Waals surface area (Å²) in [5.74, 6) is -1.68. The van der Waals surface area contributed by atoms with E-state index >= 15 is 0 Å². The van der Waals surface area contributed by atoms with Gasteiger partial charge in [-0.2, -0.15) is 0 Å². The maximum Gasteiger partial charge on any atom is 0.364 e. The third kappa shape index (κ3) is 3.39. The third-order valence-electron chi connectivity index (χ3n) is 1.84. The average Bonchev–Trinajstić information content (AvgIpc) is 2.36. The number of ether oxygens (including phenoxy) is 2. The molecule has 1 aromatic rings. The first-order chi connectivity index (χ1) is 8.10. The molecule has 0 atom stereocenters. The number of halogens is 1. The molecular formula is C11H10BrNO4. The van der Waals surface area contributed by atoms with Crippen molar-refractivity contribution in [3.05, 3.63) is 28.7 Å². The Morgan fingerprint density at radius 1 is 1.12 bits per heavy atom. The summed E-state index contributed by atoms with van der Waals surface area (Å²) >= 11 is 3.26. The Balaban J connectivity index is 3.19. The van der Waals surface area contributed by atoms with Gasteiger partial charge in [0.1, 0.15) is 0 Å². The fourth-order valence-corrected chi connectivity index (χ4v) is 1.40. The van der Waals surface area contributed by atoms with Gasteiger partial charge in [0.05, 0.1) is 19.9 Å². The molecule has 0 aliphatic heterocycles. The number of carbonyl (C=O) groups excluding carboxylic acids is 2. The highest BCUT2D eigenvalue weighted by Gasteiger charge is 2.22. The standard InChI is InChI=1S/C11H10BrNO4/c1-16-10(14)9(11(15)17-2)13-8-6-4-3-5-7(8)12/h3-6H,1-2H3. The normalized spacial score (nSPS) is 9.35. The summed E-state index contributed by atoms with van der Waals surface area (Å²) < 4.78 is 9.58. The summed E-state index contributed by atoms with van der Waals surface area (Å²) in [6.45, 7) is 0. The number of carbonyl (C=O) groups is 2. The summed E-state index contributed by atoms with van der Waals surface area (Å²) in [5.41, 5.74) is 0.0419. The number of rotatable bonds is 3. The van der Waals surface area contributed by atoms with Crippen LogP contribution in [0, 0.1) is 0 Å². The highest BCUT2D eigenvalue weighted by atomic mass is 79.9. The van der Waals surface area contributed by atoms with Crippen molar-refractivity contribution < 1.29 is 19.1 Å². The van der Waals surface area contributed by atoms with E-state index in [1.54, 1.807) is 24.3 Å². The van der Waals surface area contributed by atoms with E-state index in [1.807, 2.05) is 0 Å². The number of methoxy groups -OCH3 is 2. The van der Waals surface area contributed by atoms with E-state index in [-0.39, 0.29) is 0 Å². The van der Waals surface area contributed by atoms with Gasteiger partial charge in [0, 0.05) is 4.47 Å². The van der Waals surface area contributed by atoms with Gasteiger partial charge in [0.2, 0.25) is 5.71 Å². The quantitative estimate of drug-likeness (QED) is 0.485. The van der Waals surface area contributed by atoms with Crippen LogP contribution < -0.4 is 0 Å². The van der Waals surface area contributed by atoms with E-state index in [2.05, 4.69) is 30.4 Å².